The van der Waals surface area contributed by atoms with Crippen molar-refractivity contribution >= 4 is 0 Å². The Morgan fingerprint density at radius 3 is 0.750 bits per heavy atom. The van der Waals surface area contributed by atoms with Crippen LogP contribution in [0.4, 0.5) is 0 Å². The van der Waals surface area contributed by atoms with E-state index in [4.69, 9.17) is 5.11 Å². The van der Waals surface area contributed by atoms with Gasteiger partial charge < -0.3 is 5.11 Å². The molecule has 0 aliphatic heterocycles. The van der Waals surface area contributed by atoms with Gasteiger partial charge in [0.2, 0.25) is 0 Å². The third-order valence-electron chi connectivity index (χ3n) is 1.37. The van der Waals surface area contributed by atoms with Crippen molar-refractivity contribution in [2.24, 2.45) is 0 Å². The predicted molar refractivity (Wildman–Crippen MR) is 93.1 cm³/mol. The molecule has 1 heteroatoms. The molecule has 0 rings (SSSR count). The van der Waals surface area contributed by atoms with Crippen LogP contribution in [0.2, 0.25) is 0 Å². The highest BCUT2D eigenvalue weighted by Crippen LogP contribution is 1.59. The first-order valence-corrected chi connectivity index (χ1v) is 5.97. The monoisotopic (exact) mass is 296 g/mol. The van der Waals surface area contributed by atoms with Crippen LogP contribution in [0.15, 0.2) is 0 Å². The van der Waals surface area contributed by atoms with E-state index >= 15 is 0 Å². The molecule has 0 aromatic carbocycles. The molecule has 24 heavy (non-hydrogen) atoms. The predicted octanol–water partition coefficient (Wildman–Crippen LogP) is 0.374. The largest absolute Gasteiger partial charge is 0.461 e. The van der Waals surface area contributed by atoms with E-state index in [-0.39, 0.29) is 0 Å². The van der Waals surface area contributed by atoms with Gasteiger partial charge in [0.1, 0.15) is 6.11 Å². The van der Waals surface area contributed by atoms with Crippen LogP contribution in [0.5, 0.6) is 0 Å². The molecule has 0 saturated heterocycles. The zero-order valence-corrected chi connectivity index (χ0v) is 12.4. The molecule has 1 nitrogen and oxygen atoms in total. The van der Waals surface area contributed by atoms with Crippen LogP contribution in [-0.4, -0.2) is 5.11 Å². The first-order valence-electron chi connectivity index (χ1n) is 5.97. The minimum Gasteiger partial charge on any atom is -0.461 e. The molecule has 0 aromatic heterocycles. The highest BCUT2D eigenvalue weighted by molar-refractivity contribution is 5.47. The summed E-state index contributed by atoms with van der Waals surface area (Å²) in [6.07, 6.45) is 1.63. The lowest BCUT2D eigenvalue weighted by Gasteiger charge is -1.57. The first-order chi connectivity index (χ1) is 11.9. The standard InChI is InChI=1S/C23H4O/c1-2-3-4-5-6-7-8-9-10-11-12-13-14-15-16-17-18-19-20-21-22-23-24/h24H,1H3. The van der Waals surface area contributed by atoms with Crippen LogP contribution in [-0.2, 0) is 0 Å². The molecule has 102 valence electrons. The molecule has 0 spiro atoms. The van der Waals surface area contributed by atoms with Crippen molar-refractivity contribution in [3.63, 3.8) is 0 Å². The Morgan fingerprint density at radius 1 is 0.333 bits per heavy atom. The second-order valence-corrected chi connectivity index (χ2v) is 2.86. The summed E-state index contributed by atoms with van der Waals surface area (Å²) in [4.78, 5) is 0. The number of hydrogen-bond acceptors (Lipinski definition) is 1. The van der Waals surface area contributed by atoms with Gasteiger partial charge in [0.25, 0.3) is 0 Å². The number of rotatable bonds is 0. The van der Waals surface area contributed by atoms with E-state index in [1.165, 1.54) is 0 Å². The normalized spacial score (nSPS) is 3.88. The molecular weight excluding hydrogens is 292 g/mol. The van der Waals surface area contributed by atoms with Crippen molar-refractivity contribution in [3.8, 4) is 130 Å². The summed E-state index contributed by atoms with van der Waals surface area (Å²) in [6, 6.07) is 0. The Morgan fingerprint density at radius 2 is 0.542 bits per heavy atom. The molecule has 0 bridgehead atoms. The molecular formula is C23H4O. The fraction of sp³-hybridized carbons (Fsp3) is 0.0435. The number of aliphatic hydroxyl groups is 1. The summed E-state index contributed by atoms with van der Waals surface area (Å²) in [5.41, 5.74) is 0. The number of aliphatic hydroxyl groups excluding tert-OH is 1. The second kappa shape index (κ2) is 18.0. The molecule has 0 fully saturated rings. The lowest BCUT2D eigenvalue weighted by molar-refractivity contribution is 0.517. The SMILES string of the molecule is CC#CC#CC#CC#CC#CC#CC#CC#CC#CC#CC#CO. The molecule has 0 saturated carbocycles. The smallest absolute Gasteiger partial charge is 0.122 e. The Balaban J connectivity index is 4.39. The summed E-state index contributed by atoms with van der Waals surface area (Å²) in [5.74, 6) is 51.6. The van der Waals surface area contributed by atoms with E-state index < -0.39 is 0 Å². The topological polar surface area (TPSA) is 20.2 Å². The van der Waals surface area contributed by atoms with Gasteiger partial charge in [-0.1, -0.05) is 5.92 Å². The Bertz CT molecular complexity index is 1070. The average Bonchev–Trinajstić information content (AvgIpc) is 2.60. The quantitative estimate of drug-likeness (QED) is 0.641. The van der Waals surface area contributed by atoms with Gasteiger partial charge in [-0.15, -0.1) is 0 Å². The van der Waals surface area contributed by atoms with Gasteiger partial charge in [0.15, 0.2) is 0 Å². The third-order valence-corrected chi connectivity index (χ3v) is 1.37. The molecule has 0 amide bonds. The maximum Gasteiger partial charge on any atom is 0.122 e. The maximum absolute atomic E-state index is 8.12. The van der Waals surface area contributed by atoms with Crippen LogP contribution in [0.1, 0.15) is 6.92 Å². The van der Waals surface area contributed by atoms with Gasteiger partial charge >= 0.3 is 0 Å². The van der Waals surface area contributed by atoms with Crippen molar-refractivity contribution in [2.45, 2.75) is 6.92 Å². The van der Waals surface area contributed by atoms with Gasteiger partial charge in [-0.3, -0.25) is 0 Å². The molecule has 0 radical (unpaired) electrons. The lowest BCUT2D eigenvalue weighted by atomic mass is 10.4. The summed E-state index contributed by atoms with van der Waals surface area (Å²) in [6.45, 7) is 1.69. The van der Waals surface area contributed by atoms with Gasteiger partial charge in [0.05, 0.1) is 0 Å². The zero-order valence-electron chi connectivity index (χ0n) is 12.4. The van der Waals surface area contributed by atoms with Gasteiger partial charge in [-0.05, 0) is 54.3 Å². The van der Waals surface area contributed by atoms with E-state index in [1.807, 2.05) is 0 Å². The van der Waals surface area contributed by atoms with E-state index in [1.54, 1.807) is 13.0 Å². The summed E-state index contributed by atoms with van der Waals surface area (Å²) < 4.78 is 0. The van der Waals surface area contributed by atoms with Crippen LogP contribution < -0.4 is 0 Å². The van der Waals surface area contributed by atoms with Crippen molar-refractivity contribution in [1.82, 2.24) is 0 Å². The maximum atomic E-state index is 8.12. The van der Waals surface area contributed by atoms with Crippen LogP contribution in [0.25, 0.3) is 0 Å². The minimum atomic E-state index is 1.63. The highest BCUT2D eigenvalue weighted by atomic mass is 16.2. The summed E-state index contributed by atoms with van der Waals surface area (Å²) in [7, 11) is 0. The Hall–Kier alpha value is -5.04. The van der Waals surface area contributed by atoms with Gasteiger partial charge in [0, 0.05) is 71.0 Å². The van der Waals surface area contributed by atoms with Crippen molar-refractivity contribution in [2.75, 3.05) is 0 Å². The van der Waals surface area contributed by atoms with Crippen molar-refractivity contribution in [1.29, 1.82) is 0 Å². The van der Waals surface area contributed by atoms with Gasteiger partial charge in [-0.25, -0.2) is 0 Å². The molecule has 0 aliphatic carbocycles. The van der Waals surface area contributed by atoms with Crippen LogP contribution in [0, 0.1) is 130 Å². The third kappa shape index (κ3) is 17.0. The van der Waals surface area contributed by atoms with E-state index in [2.05, 4.69) is 124 Å². The Kier molecular flexibility index (Phi) is 14.2. The highest BCUT2D eigenvalue weighted by Gasteiger charge is 1.58. The molecule has 0 aromatic rings. The summed E-state index contributed by atoms with van der Waals surface area (Å²) >= 11 is 0. The minimum absolute atomic E-state index is 1.63. The van der Waals surface area contributed by atoms with E-state index in [0.717, 1.165) is 0 Å². The zero-order chi connectivity index (χ0) is 17.6. The summed E-state index contributed by atoms with van der Waals surface area (Å²) in [5, 5.41) is 8.12. The molecule has 1 N–H and O–H groups in total. The van der Waals surface area contributed by atoms with Crippen molar-refractivity contribution in [3.05, 3.63) is 0 Å². The van der Waals surface area contributed by atoms with Gasteiger partial charge in [-0.2, -0.15) is 0 Å². The molecule has 0 heterocycles. The lowest BCUT2D eigenvalue weighted by Crippen LogP contribution is -1.56. The molecule has 0 aliphatic rings. The van der Waals surface area contributed by atoms with Crippen LogP contribution >= 0.6 is 0 Å². The van der Waals surface area contributed by atoms with E-state index in [0.29, 0.717) is 0 Å². The molecule has 0 unspecified atom stereocenters. The fourth-order valence-electron chi connectivity index (χ4n) is 0.653. The van der Waals surface area contributed by atoms with Crippen molar-refractivity contribution < 1.29 is 5.11 Å². The molecule has 0 atom stereocenters. The van der Waals surface area contributed by atoms with Crippen LogP contribution in [0.3, 0.4) is 0 Å². The second-order valence-electron chi connectivity index (χ2n) is 2.86. The fourth-order valence-corrected chi connectivity index (χ4v) is 0.653. The number of hydrogen-bond donors (Lipinski definition) is 1. The first kappa shape index (κ1) is 19.0. The average molecular weight is 296 g/mol. The van der Waals surface area contributed by atoms with E-state index in [9.17, 15) is 0 Å². The Labute approximate surface area is 143 Å².